The van der Waals surface area contributed by atoms with Crippen molar-refractivity contribution in [3.63, 3.8) is 0 Å². The molecule has 5 nitrogen and oxygen atoms in total. The summed E-state index contributed by atoms with van der Waals surface area (Å²) >= 11 is 0. The summed E-state index contributed by atoms with van der Waals surface area (Å²) in [7, 11) is 0. The van der Waals surface area contributed by atoms with E-state index in [0.29, 0.717) is 11.9 Å². The molecule has 2 aromatic rings. The Balaban J connectivity index is 1.54. The molecule has 3 heterocycles. The van der Waals surface area contributed by atoms with Gasteiger partial charge in [0.2, 0.25) is 11.7 Å². The summed E-state index contributed by atoms with van der Waals surface area (Å²) in [4.78, 5) is 7.62. The van der Waals surface area contributed by atoms with Gasteiger partial charge in [-0.2, -0.15) is 4.98 Å². The maximum Gasteiger partial charge on any atom is 0.244 e. The Hall–Kier alpha value is -1.62. The highest BCUT2D eigenvalue weighted by Crippen LogP contribution is 2.38. The Labute approximate surface area is 111 Å². The highest BCUT2D eigenvalue weighted by atomic mass is 16.5. The highest BCUT2D eigenvalue weighted by molar-refractivity contribution is 5.47. The number of nitrogens with zero attached hydrogens (tertiary/aromatic N) is 2. The van der Waals surface area contributed by atoms with Crippen LogP contribution in [-0.4, -0.2) is 21.2 Å². The molecular weight excluding hydrogens is 240 g/mol. The number of aromatic amines is 1. The fraction of sp³-hybridized carbons (Fsp3) is 0.571. The van der Waals surface area contributed by atoms with Crippen molar-refractivity contribution in [2.45, 2.75) is 44.2 Å². The maximum atomic E-state index is 5.43. The predicted octanol–water partition coefficient (Wildman–Crippen LogP) is 2.66. The van der Waals surface area contributed by atoms with Crippen LogP contribution in [0, 0.1) is 5.92 Å². The number of aromatic nitrogens is 3. The summed E-state index contributed by atoms with van der Waals surface area (Å²) in [5, 5.41) is 7.72. The van der Waals surface area contributed by atoms with Gasteiger partial charge in [-0.3, -0.25) is 0 Å². The molecule has 2 fully saturated rings. The smallest absolute Gasteiger partial charge is 0.244 e. The average Bonchev–Trinajstić information content (AvgIpc) is 3.17. The van der Waals surface area contributed by atoms with Crippen LogP contribution >= 0.6 is 0 Å². The van der Waals surface area contributed by atoms with E-state index in [9.17, 15) is 0 Å². The van der Waals surface area contributed by atoms with E-state index in [1.807, 2.05) is 18.3 Å². The number of hydrogen-bond donors (Lipinski definition) is 2. The first-order valence-corrected chi connectivity index (χ1v) is 7.13. The van der Waals surface area contributed by atoms with Gasteiger partial charge in [0, 0.05) is 12.2 Å². The first-order valence-electron chi connectivity index (χ1n) is 7.13. The van der Waals surface area contributed by atoms with E-state index in [1.54, 1.807) is 0 Å². The molecule has 0 aromatic carbocycles. The molecule has 3 unspecified atom stereocenters. The molecular formula is C14H18N4O. The van der Waals surface area contributed by atoms with Crippen LogP contribution in [-0.2, 0) is 0 Å². The second-order valence-corrected chi connectivity index (χ2v) is 5.65. The standard InChI is InChI=1S/C14H18N4O/c1-2-5-10-9(4-1)8-12(16-10)14-17-13(18-19-14)11-6-3-7-15-11/h3,6-7,9-10,12,15-16H,1-2,4-5,8H2. The zero-order chi connectivity index (χ0) is 12.7. The number of rotatable bonds is 2. The Morgan fingerprint density at radius 1 is 1.26 bits per heavy atom. The van der Waals surface area contributed by atoms with Gasteiger partial charge in [0.05, 0.1) is 11.7 Å². The molecule has 1 aliphatic heterocycles. The van der Waals surface area contributed by atoms with E-state index >= 15 is 0 Å². The monoisotopic (exact) mass is 258 g/mol. The molecule has 0 spiro atoms. The van der Waals surface area contributed by atoms with Crippen LogP contribution in [0.2, 0.25) is 0 Å². The molecule has 19 heavy (non-hydrogen) atoms. The molecule has 0 bridgehead atoms. The van der Waals surface area contributed by atoms with Crippen molar-refractivity contribution in [2.75, 3.05) is 0 Å². The number of H-pyrrole nitrogens is 1. The fourth-order valence-electron chi connectivity index (χ4n) is 3.47. The van der Waals surface area contributed by atoms with Gasteiger partial charge in [0.25, 0.3) is 0 Å². The van der Waals surface area contributed by atoms with Crippen molar-refractivity contribution in [3.8, 4) is 11.5 Å². The highest BCUT2D eigenvalue weighted by Gasteiger charge is 2.38. The minimum absolute atomic E-state index is 0.240. The fourth-order valence-corrected chi connectivity index (χ4v) is 3.47. The quantitative estimate of drug-likeness (QED) is 0.869. The zero-order valence-electron chi connectivity index (χ0n) is 10.8. The minimum atomic E-state index is 0.240. The molecule has 1 aliphatic carbocycles. The summed E-state index contributed by atoms with van der Waals surface area (Å²) < 4.78 is 5.43. The van der Waals surface area contributed by atoms with Crippen molar-refractivity contribution >= 4 is 0 Å². The number of fused-ring (bicyclic) bond motifs is 1. The van der Waals surface area contributed by atoms with Crippen LogP contribution in [0.4, 0.5) is 0 Å². The van der Waals surface area contributed by atoms with E-state index in [4.69, 9.17) is 4.52 Å². The predicted molar refractivity (Wildman–Crippen MR) is 70.3 cm³/mol. The van der Waals surface area contributed by atoms with Crippen LogP contribution in [0.3, 0.4) is 0 Å². The van der Waals surface area contributed by atoms with Gasteiger partial charge in [-0.1, -0.05) is 18.0 Å². The van der Waals surface area contributed by atoms with Crippen molar-refractivity contribution in [2.24, 2.45) is 5.92 Å². The summed E-state index contributed by atoms with van der Waals surface area (Å²) in [6.07, 6.45) is 8.35. The molecule has 2 aromatic heterocycles. The number of nitrogens with one attached hydrogen (secondary N) is 2. The van der Waals surface area contributed by atoms with Crippen LogP contribution in [0.25, 0.3) is 11.5 Å². The van der Waals surface area contributed by atoms with Crippen LogP contribution in [0.15, 0.2) is 22.9 Å². The second-order valence-electron chi connectivity index (χ2n) is 5.65. The van der Waals surface area contributed by atoms with Crippen molar-refractivity contribution in [3.05, 3.63) is 24.2 Å². The molecule has 0 radical (unpaired) electrons. The lowest BCUT2D eigenvalue weighted by Crippen LogP contribution is -2.30. The topological polar surface area (TPSA) is 66.7 Å². The molecule has 1 saturated heterocycles. The number of hydrogen-bond acceptors (Lipinski definition) is 4. The first-order chi connectivity index (χ1) is 9.40. The summed E-state index contributed by atoms with van der Waals surface area (Å²) in [5.41, 5.74) is 0.908. The van der Waals surface area contributed by atoms with E-state index in [2.05, 4.69) is 20.4 Å². The lowest BCUT2D eigenvalue weighted by atomic mass is 9.85. The Morgan fingerprint density at radius 2 is 2.21 bits per heavy atom. The molecule has 3 atom stereocenters. The van der Waals surface area contributed by atoms with Gasteiger partial charge in [-0.05, 0) is 37.3 Å². The molecule has 2 aliphatic rings. The normalized spacial score (nSPS) is 30.4. The molecule has 4 rings (SSSR count). The van der Waals surface area contributed by atoms with Crippen LogP contribution in [0.1, 0.15) is 44.0 Å². The summed E-state index contributed by atoms with van der Waals surface area (Å²) in [6, 6.07) is 4.79. The maximum absolute atomic E-state index is 5.43. The molecule has 5 heteroatoms. The third-order valence-electron chi connectivity index (χ3n) is 4.44. The van der Waals surface area contributed by atoms with E-state index < -0.39 is 0 Å². The van der Waals surface area contributed by atoms with Crippen molar-refractivity contribution in [1.29, 1.82) is 0 Å². The second kappa shape index (κ2) is 4.49. The van der Waals surface area contributed by atoms with E-state index in [0.717, 1.165) is 23.9 Å². The molecule has 2 N–H and O–H groups in total. The Morgan fingerprint density at radius 3 is 3.05 bits per heavy atom. The van der Waals surface area contributed by atoms with Crippen molar-refractivity contribution < 1.29 is 4.52 Å². The Bertz CT molecular complexity index is 534. The van der Waals surface area contributed by atoms with Crippen LogP contribution < -0.4 is 5.32 Å². The summed E-state index contributed by atoms with van der Waals surface area (Å²) in [5.74, 6) is 2.18. The average molecular weight is 258 g/mol. The lowest BCUT2D eigenvalue weighted by molar-refractivity contribution is 0.324. The Kier molecular flexibility index (Phi) is 2.65. The first kappa shape index (κ1) is 11.2. The third kappa shape index (κ3) is 1.98. The lowest BCUT2D eigenvalue weighted by Gasteiger charge is -2.24. The molecule has 100 valence electrons. The molecule has 1 saturated carbocycles. The van der Waals surface area contributed by atoms with Gasteiger partial charge in [-0.25, -0.2) is 0 Å². The van der Waals surface area contributed by atoms with E-state index in [-0.39, 0.29) is 6.04 Å². The van der Waals surface area contributed by atoms with Crippen LogP contribution in [0.5, 0.6) is 0 Å². The largest absolute Gasteiger partial charge is 0.359 e. The van der Waals surface area contributed by atoms with Gasteiger partial charge in [0.1, 0.15) is 0 Å². The SMILES string of the molecule is c1c[nH]c(-c2noc(C3CC4CCCCC4N3)n2)c1. The minimum Gasteiger partial charge on any atom is -0.359 e. The van der Waals surface area contributed by atoms with Gasteiger partial charge >= 0.3 is 0 Å². The third-order valence-corrected chi connectivity index (χ3v) is 4.44. The van der Waals surface area contributed by atoms with Gasteiger partial charge in [-0.15, -0.1) is 0 Å². The molecule has 0 amide bonds. The zero-order valence-corrected chi connectivity index (χ0v) is 10.8. The van der Waals surface area contributed by atoms with E-state index in [1.165, 1.54) is 25.7 Å². The van der Waals surface area contributed by atoms with Crippen molar-refractivity contribution in [1.82, 2.24) is 20.4 Å². The summed E-state index contributed by atoms with van der Waals surface area (Å²) in [6.45, 7) is 0. The van der Waals surface area contributed by atoms with Gasteiger partial charge < -0.3 is 14.8 Å². The van der Waals surface area contributed by atoms with Gasteiger partial charge in [0.15, 0.2) is 0 Å².